The summed E-state index contributed by atoms with van der Waals surface area (Å²) in [5.74, 6) is 0.0617. The van der Waals surface area contributed by atoms with Crippen molar-refractivity contribution >= 4 is 28.1 Å². The Morgan fingerprint density at radius 2 is 1.61 bits per heavy atom. The van der Waals surface area contributed by atoms with Crippen LogP contribution in [0, 0.1) is 0 Å². The zero-order valence-corrected chi connectivity index (χ0v) is 13.2. The lowest BCUT2D eigenvalue weighted by Gasteiger charge is -2.21. The van der Waals surface area contributed by atoms with Crippen LogP contribution < -0.4 is 10.2 Å². The van der Waals surface area contributed by atoms with Gasteiger partial charge >= 0.3 is 0 Å². The van der Waals surface area contributed by atoms with Crippen molar-refractivity contribution in [3.8, 4) is 0 Å². The first kappa shape index (κ1) is 15.1. The second kappa shape index (κ2) is 6.97. The Kier molecular flexibility index (Phi) is 4.57. The highest BCUT2D eigenvalue weighted by Crippen LogP contribution is 2.23. The molecule has 0 unspecified atom stereocenters. The fourth-order valence-electron chi connectivity index (χ4n) is 2.76. The van der Waals surface area contributed by atoms with Gasteiger partial charge in [-0.2, -0.15) is 0 Å². The highest BCUT2D eigenvalue weighted by molar-refractivity contribution is 5.99. The fourth-order valence-corrected chi connectivity index (χ4v) is 2.76. The number of rotatable bonds is 5. The number of carbonyl (C=O) groups excluding carboxylic acids is 1. The molecule has 3 nitrogen and oxygen atoms in total. The Balaban J connectivity index is 1.75. The number of fused-ring (bicyclic) bond motifs is 1. The Labute approximate surface area is 136 Å². The van der Waals surface area contributed by atoms with Gasteiger partial charge in [0.15, 0.2) is 0 Å². The maximum Gasteiger partial charge on any atom is 0.246 e. The summed E-state index contributed by atoms with van der Waals surface area (Å²) in [6, 6.07) is 24.0. The number of anilines is 2. The Hall–Kier alpha value is -2.81. The van der Waals surface area contributed by atoms with Crippen molar-refractivity contribution in [2.45, 2.75) is 6.92 Å². The molecular weight excluding hydrogens is 284 g/mol. The van der Waals surface area contributed by atoms with Gasteiger partial charge in [0.1, 0.15) is 0 Å². The van der Waals surface area contributed by atoms with E-state index in [1.807, 2.05) is 61.5 Å². The van der Waals surface area contributed by atoms with E-state index in [1.165, 1.54) is 5.39 Å². The molecule has 0 aliphatic carbocycles. The third-order valence-electron chi connectivity index (χ3n) is 3.90. The number of likely N-dealkylation sites (N-methyl/N-ethyl adjacent to an activating group) is 1. The second-order valence-corrected chi connectivity index (χ2v) is 5.35. The molecule has 0 saturated carbocycles. The van der Waals surface area contributed by atoms with Crippen LogP contribution in [0.1, 0.15) is 6.92 Å². The second-order valence-electron chi connectivity index (χ2n) is 5.35. The highest BCUT2D eigenvalue weighted by atomic mass is 16.2. The molecule has 3 rings (SSSR count). The Morgan fingerprint density at radius 3 is 2.39 bits per heavy atom. The van der Waals surface area contributed by atoms with Gasteiger partial charge < -0.3 is 10.2 Å². The minimum Gasteiger partial charge on any atom is -0.376 e. The predicted octanol–water partition coefficient (Wildman–Crippen LogP) is 4.30. The van der Waals surface area contributed by atoms with Crippen LogP contribution in [-0.4, -0.2) is 19.0 Å². The van der Waals surface area contributed by atoms with Crippen LogP contribution in [0.5, 0.6) is 0 Å². The molecule has 0 aliphatic rings. The molecule has 1 amide bonds. The molecule has 0 fully saturated rings. The first-order chi connectivity index (χ1) is 11.3. The number of nitrogens with one attached hydrogen (secondary N) is 1. The van der Waals surface area contributed by atoms with Crippen LogP contribution >= 0.6 is 0 Å². The average molecular weight is 304 g/mol. The van der Waals surface area contributed by atoms with Crippen molar-refractivity contribution in [2.24, 2.45) is 0 Å². The summed E-state index contributed by atoms with van der Waals surface area (Å²) in [5, 5.41) is 5.58. The third-order valence-corrected chi connectivity index (χ3v) is 3.90. The van der Waals surface area contributed by atoms with Gasteiger partial charge in [0.05, 0.1) is 6.54 Å². The summed E-state index contributed by atoms with van der Waals surface area (Å²) in [5.41, 5.74) is 1.92. The van der Waals surface area contributed by atoms with Gasteiger partial charge in [-0.1, -0.05) is 54.6 Å². The van der Waals surface area contributed by atoms with E-state index in [2.05, 4.69) is 23.5 Å². The number of nitrogens with zero attached hydrogens (tertiary/aromatic N) is 1. The molecule has 0 saturated heterocycles. The molecule has 0 aliphatic heterocycles. The number of para-hydroxylation sites is 1. The number of amides is 1. The van der Waals surface area contributed by atoms with Gasteiger partial charge in [-0.15, -0.1) is 0 Å². The standard InChI is InChI=1S/C20H20N2O/c1-2-22(17-11-4-3-5-12-17)20(23)15-21-19-14-8-10-16-9-6-7-13-18(16)19/h3-14,21H,2,15H2,1H3. The lowest BCUT2D eigenvalue weighted by Crippen LogP contribution is -2.35. The van der Waals surface area contributed by atoms with Gasteiger partial charge in [0, 0.05) is 23.3 Å². The van der Waals surface area contributed by atoms with E-state index in [-0.39, 0.29) is 12.5 Å². The molecule has 0 atom stereocenters. The van der Waals surface area contributed by atoms with E-state index in [0.717, 1.165) is 16.8 Å². The number of hydrogen-bond donors (Lipinski definition) is 1. The van der Waals surface area contributed by atoms with Crippen molar-refractivity contribution < 1.29 is 4.79 Å². The number of hydrogen-bond acceptors (Lipinski definition) is 2. The molecule has 3 heteroatoms. The monoisotopic (exact) mass is 304 g/mol. The van der Waals surface area contributed by atoms with Gasteiger partial charge in [-0.25, -0.2) is 0 Å². The van der Waals surface area contributed by atoms with Crippen molar-refractivity contribution in [1.82, 2.24) is 0 Å². The van der Waals surface area contributed by atoms with Crippen molar-refractivity contribution in [3.63, 3.8) is 0 Å². The summed E-state index contributed by atoms with van der Waals surface area (Å²) in [6.07, 6.45) is 0. The number of benzene rings is 3. The molecule has 3 aromatic carbocycles. The topological polar surface area (TPSA) is 32.3 Å². The summed E-state index contributed by atoms with van der Waals surface area (Å²) < 4.78 is 0. The summed E-state index contributed by atoms with van der Waals surface area (Å²) >= 11 is 0. The van der Waals surface area contributed by atoms with E-state index in [9.17, 15) is 4.79 Å². The van der Waals surface area contributed by atoms with Crippen LogP contribution in [0.4, 0.5) is 11.4 Å². The lowest BCUT2D eigenvalue weighted by atomic mass is 10.1. The molecular formula is C20H20N2O. The van der Waals surface area contributed by atoms with E-state index < -0.39 is 0 Å². The Bertz CT molecular complexity index is 794. The minimum absolute atomic E-state index is 0.0617. The van der Waals surface area contributed by atoms with Crippen LogP contribution in [-0.2, 0) is 4.79 Å². The van der Waals surface area contributed by atoms with Crippen molar-refractivity contribution in [2.75, 3.05) is 23.3 Å². The molecule has 0 bridgehead atoms. The molecule has 0 radical (unpaired) electrons. The molecule has 3 aromatic rings. The SMILES string of the molecule is CCN(C(=O)CNc1cccc2ccccc12)c1ccccc1. The van der Waals surface area contributed by atoms with E-state index in [0.29, 0.717) is 6.54 Å². The van der Waals surface area contributed by atoms with Crippen LogP contribution in [0.25, 0.3) is 10.8 Å². The number of carbonyl (C=O) groups is 1. The molecule has 23 heavy (non-hydrogen) atoms. The normalized spacial score (nSPS) is 10.5. The minimum atomic E-state index is 0.0617. The summed E-state index contributed by atoms with van der Waals surface area (Å²) in [4.78, 5) is 14.3. The smallest absolute Gasteiger partial charge is 0.246 e. The maximum atomic E-state index is 12.5. The maximum absolute atomic E-state index is 12.5. The summed E-state index contributed by atoms with van der Waals surface area (Å²) in [6.45, 7) is 2.92. The van der Waals surface area contributed by atoms with E-state index in [1.54, 1.807) is 4.90 Å². The van der Waals surface area contributed by atoms with E-state index in [4.69, 9.17) is 0 Å². The lowest BCUT2D eigenvalue weighted by molar-refractivity contribution is -0.116. The highest BCUT2D eigenvalue weighted by Gasteiger charge is 2.13. The zero-order chi connectivity index (χ0) is 16.1. The van der Waals surface area contributed by atoms with Gasteiger partial charge in [-0.3, -0.25) is 4.79 Å². The van der Waals surface area contributed by atoms with Gasteiger partial charge in [-0.05, 0) is 30.5 Å². The molecule has 0 aromatic heterocycles. The first-order valence-electron chi connectivity index (χ1n) is 7.86. The zero-order valence-electron chi connectivity index (χ0n) is 13.2. The van der Waals surface area contributed by atoms with Crippen LogP contribution in [0.2, 0.25) is 0 Å². The Morgan fingerprint density at radius 1 is 0.913 bits per heavy atom. The predicted molar refractivity (Wildman–Crippen MR) is 96.9 cm³/mol. The molecule has 1 N–H and O–H groups in total. The van der Waals surface area contributed by atoms with E-state index >= 15 is 0 Å². The van der Waals surface area contributed by atoms with Crippen LogP contribution in [0.15, 0.2) is 72.8 Å². The average Bonchev–Trinajstić information content (AvgIpc) is 2.61. The summed E-state index contributed by atoms with van der Waals surface area (Å²) in [7, 11) is 0. The quantitative estimate of drug-likeness (QED) is 0.762. The van der Waals surface area contributed by atoms with Crippen molar-refractivity contribution in [1.29, 1.82) is 0 Å². The van der Waals surface area contributed by atoms with Crippen LogP contribution in [0.3, 0.4) is 0 Å². The fraction of sp³-hybridized carbons (Fsp3) is 0.150. The third kappa shape index (κ3) is 3.34. The molecule has 116 valence electrons. The first-order valence-corrected chi connectivity index (χ1v) is 7.86. The van der Waals surface area contributed by atoms with Crippen molar-refractivity contribution in [3.05, 3.63) is 72.8 Å². The largest absolute Gasteiger partial charge is 0.376 e. The molecule has 0 heterocycles. The molecule has 0 spiro atoms. The van der Waals surface area contributed by atoms with Gasteiger partial charge in [0.25, 0.3) is 0 Å². The van der Waals surface area contributed by atoms with Gasteiger partial charge in [0.2, 0.25) is 5.91 Å².